The molecule has 21 heavy (non-hydrogen) atoms. The number of aliphatic hydroxyl groups excluding tert-OH is 4. The van der Waals surface area contributed by atoms with Gasteiger partial charge >= 0.3 is 5.97 Å². The van der Waals surface area contributed by atoms with Crippen molar-refractivity contribution in [2.75, 3.05) is 13.2 Å². The van der Waals surface area contributed by atoms with Crippen LogP contribution < -0.4 is 11.1 Å². The fraction of sp³-hybridized carbons (Fsp3) is 0.917. The molecule has 9 heteroatoms. The summed E-state index contributed by atoms with van der Waals surface area (Å²) in [4.78, 5) is 10.5. The number of hydrogen-bond donors (Lipinski definition) is 7. The Kier molecular flexibility index (Phi) is 7.46. The zero-order valence-electron chi connectivity index (χ0n) is 11.6. The van der Waals surface area contributed by atoms with Gasteiger partial charge in [-0.2, -0.15) is 0 Å². The summed E-state index contributed by atoms with van der Waals surface area (Å²) < 4.78 is 5.26. The minimum Gasteiger partial charge on any atom is -0.480 e. The van der Waals surface area contributed by atoms with Crippen LogP contribution in [0.15, 0.2) is 0 Å². The van der Waals surface area contributed by atoms with Gasteiger partial charge in [0.1, 0.15) is 36.7 Å². The van der Waals surface area contributed by atoms with Crippen molar-refractivity contribution in [2.24, 2.45) is 5.73 Å². The first-order chi connectivity index (χ1) is 9.88. The van der Waals surface area contributed by atoms with Crippen LogP contribution in [0.25, 0.3) is 0 Å². The number of rotatable bonds is 8. The maximum atomic E-state index is 10.5. The molecule has 6 atom stereocenters. The predicted octanol–water partition coefficient (Wildman–Crippen LogP) is -3.04. The van der Waals surface area contributed by atoms with Gasteiger partial charge in [-0.05, 0) is 19.4 Å². The number of nitrogens with one attached hydrogen (secondary N) is 1. The smallest absolute Gasteiger partial charge is 0.320 e. The van der Waals surface area contributed by atoms with E-state index < -0.39 is 49.3 Å². The molecule has 0 aromatic heterocycles. The van der Waals surface area contributed by atoms with Crippen LogP contribution in [0.4, 0.5) is 0 Å². The van der Waals surface area contributed by atoms with Gasteiger partial charge in [-0.3, -0.25) is 10.1 Å². The highest BCUT2D eigenvalue weighted by Gasteiger charge is 2.42. The van der Waals surface area contributed by atoms with Crippen molar-refractivity contribution in [3.05, 3.63) is 0 Å². The Labute approximate surface area is 122 Å². The monoisotopic (exact) mass is 308 g/mol. The van der Waals surface area contributed by atoms with Crippen LogP contribution in [-0.4, -0.2) is 81.3 Å². The molecule has 1 heterocycles. The predicted molar refractivity (Wildman–Crippen MR) is 71.2 cm³/mol. The molecule has 0 aromatic rings. The SMILES string of the molecule is N[C@@H](CCCCNC1OC(CO)C(O)C(O)C1O)C(=O)O. The van der Waals surface area contributed by atoms with Crippen LogP contribution in [0.3, 0.4) is 0 Å². The Bertz CT molecular complexity index is 329. The Morgan fingerprint density at radius 2 is 1.86 bits per heavy atom. The van der Waals surface area contributed by atoms with E-state index in [1.807, 2.05) is 0 Å². The van der Waals surface area contributed by atoms with Gasteiger partial charge in [0.2, 0.25) is 0 Å². The molecule has 0 bridgehead atoms. The number of aliphatic hydroxyl groups is 4. The quantitative estimate of drug-likeness (QED) is 0.231. The van der Waals surface area contributed by atoms with Crippen LogP contribution in [0.2, 0.25) is 0 Å². The van der Waals surface area contributed by atoms with Gasteiger partial charge in [-0.1, -0.05) is 6.42 Å². The molecule has 0 aromatic carbocycles. The lowest BCUT2D eigenvalue weighted by Crippen LogP contribution is -2.62. The lowest BCUT2D eigenvalue weighted by Gasteiger charge is -2.40. The van der Waals surface area contributed by atoms with Gasteiger partial charge in [0.25, 0.3) is 0 Å². The van der Waals surface area contributed by atoms with Crippen LogP contribution in [0, 0.1) is 0 Å². The Balaban J connectivity index is 2.29. The van der Waals surface area contributed by atoms with E-state index in [2.05, 4.69) is 5.32 Å². The largest absolute Gasteiger partial charge is 0.480 e. The third-order valence-electron chi connectivity index (χ3n) is 3.50. The molecular weight excluding hydrogens is 284 g/mol. The molecule has 1 fully saturated rings. The van der Waals surface area contributed by atoms with E-state index in [0.717, 1.165) is 0 Å². The zero-order valence-corrected chi connectivity index (χ0v) is 11.6. The first kappa shape index (κ1) is 18.2. The number of aliphatic carboxylic acids is 1. The highest BCUT2D eigenvalue weighted by molar-refractivity contribution is 5.72. The minimum atomic E-state index is -1.41. The lowest BCUT2D eigenvalue weighted by molar-refractivity contribution is -0.236. The molecule has 0 saturated carbocycles. The fourth-order valence-corrected chi connectivity index (χ4v) is 2.13. The average Bonchev–Trinajstić information content (AvgIpc) is 2.46. The first-order valence-corrected chi connectivity index (χ1v) is 6.90. The minimum absolute atomic E-state index is 0.339. The van der Waals surface area contributed by atoms with E-state index >= 15 is 0 Å². The number of hydrogen-bond acceptors (Lipinski definition) is 8. The molecule has 0 aliphatic carbocycles. The summed E-state index contributed by atoms with van der Waals surface area (Å²) in [6.45, 7) is -0.0639. The topological polar surface area (TPSA) is 166 Å². The van der Waals surface area contributed by atoms with Crippen molar-refractivity contribution in [3.8, 4) is 0 Å². The van der Waals surface area contributed by atoms with Crippen molar-refractivity contribution in [2.45, 2.75) is 55.9 Å². The van der Waals surface area contributed by atoms with Crippen LogP contribution >= 0.6 is 0 Å². The summed E-state index contributed by atoms with van der Waals surface area (Å²) in [6, 6.07) is -0.891. The maximum Gasteiger partial charge on any atom is 0.320 e. The van der Waals surface area contributed by atoms with Gasteiger partial charge in [-0.15, -0.1) is 0 Å². The van der Waals surface area contributed by atoms with Crippen LogP contribution in [-0.2, 0) is 9.53 Å². The highest BCUT2D eigenvalue weighted by Crippen LogP contribution is 2.19. The summed E-state index contributed by atoms with van der Waals surface area (Å²) in [5.41, 5.74) is 5.36. The van der Waals surface area contributed by atoms with Crippen molar-refractivity contribution in [1.29, 1.82) is 0 Å². The number of carbonyl (C=O) groups is 1. The van der Waals surface area contributed by atoms with Crippen LogP contribution in [0.1, 0.15) is 19.3 Å². The van der Waals surface area contributed by atoms with Crippen molar-refractivity contribution >= 4 is 5.97 Å². The Morgan fingerprint density at radius 3 is 2.43 bits per heavy atom. The van der Waals surface area contributed by atoms with Gasteiger partial charge in [0, 0.05) is 0 Å². The maximum absolute atomic E-state index is 10.5. The molecule has 124 valence electrons. The molecule has 1 aliphatic rings. The molecule has 0 amide bonds. The third-order valence-corrected chi connectivity index (χ3v) is 3.50. The highest BCUT2D eigenvalue weighted by atomic mass is 16.6. The third kappa shape index (κ3) is 5.15. The summed E-state index contributed by atoms with van der Waals surface area (Å²) in [7, 11) is 0. The molecule has 9 nitrogen and oxygen atoms in total. The fourth-order valence-electron chi connectivity index (χ4n) is 2.13. The van der Waals surface area contributed by atoms with Crippen LogP contribution in [0.5, 0.6) is 0 Å². The normalized spacial score (nSPS) is 34.6. The van der Waals surface area contributed by atoms with E-state index in [-0.39, 0.29) is 0 Å². The molecule has 0 radical (unpaired) electrons. The van der Waals surface area contributed by atoms with Gasteiger partial charge in [0.15, 0.2) is 0 Å². The second-order valence-electron chi connectivity index (χ2n) is 5.14. The molecule has 0 spiro atoms. The number of nitrogens with two attached hydrogens (primary N) is 1. The zero-order chi connectivity index (χ0) is 16.0. The first-order valence-electron chi connectivity index (χ1n) is 6.90. The number of unbranched alkanes of at least 4 members (excludes halogenated alkanes) is 1. The van der Waals surface area contributed by atoms with Gasteiger partial charge in [0.05, 0.1) is 6.61 Å². The lowest BCUT2D eigenvalue weighted by atomic mass is 9.98. The van der Waals surface area contributed by atoms with Gasteiger partial charge in [-0.25, -0.2) is 0 Å². The Hall–Kier alpha value is -0.810. The molecule has 8 N–H and O–H groups in total. The Morgan fingerprint density at radius 1 is 1.19 bits per heavy atom. The summed E-state index contributed by atoms with van der Waals surface area (Å²) in [5.74, 6) is -1.04. The molecule has 1 aliphatic heterocycles. The standard InChI is InChI=1S/C12H24N2O7/c13-6(12(19)20)3-1-2-4-14-11-10(18)9(17)8(16)7(5-15)21-11/h6-11,14-18H,1-5,13H2,(H,19,20)/t6-,7?,8?,9?,10?,11?/m0/s1. The van der Waals surface area contributed by atoms with Crippen molar-refractivity contribution in [3.63, 3.8) is 0 Å². The van der Waals surface area contributed by atoms with E-state index in [9.17, 15) is 20.1 Å². The number of carboxylic acid groups (broad SMARTS) is 1. The van der Waals surface area contributed by atoms with Crippen molar-refractivity contribution < 1.29 is 35.1 Å². The number of ether oxygens (including phenoxy) is 1. The van der Waals surface area contributed by atoms with E-state index in [1.54, 1.807) is 0 Å². The average molecular weight is 308 g/mol. The summed E-state index contributed by atoms with van der Waals surface area (Å²) in [5, 5.41) is 49.5. The molecule has 1 rings (SSSR count). The second kappa shape index (κ2) is 8.59. The second-order valence-corrected chi connectivity index (χ2v) is 5.14. The van der Waals surface area contributed by atoms with E-state index in [0.29, 0.717) is 25.8 Å². The molecule has 5 unspecified atom stereocenters. The van der Waals surface area contributed by atoms with E-state index in [4.69, 9.17) is 20.7 Å². The number of carboxylic acids is 1. The molecular formula is C12H24N2O7. The summed E-state index contributed by atoms with van der Waals surface area (Å²) in [6.07, 6.45) is -4.43. The van der Waals surface area contributed by atoms with Gasteiger partial charge < -0.3 is 36.0 Å². The molecule has 1 saturated heterocycles. The summed E-state index contributed by atoms with van der Waals surface area (Å²) >= 11 is 0. The van der Waals surface area contributed by atoms with Crippen molar-refractivity contribution in [1.82, 2.24) is 5.32 Å². The van der Waals surface area contributed by atoms with E-state index in [1.165, 1.54) is 0 Å².